The van der Waals surface area contributed by atoms with Crippen LogP contribution < -0.4 is 4.90 Å². The standard InChI is InChI=1S/C25H34ClN5O/c1-3-31-22-9-8-20(17-21(22)24(27-31)25(32)30-10-4-5-11-30)28-12-14-29(15-13-28)23-16-19(26)7-6-18(23)2/h6-7,16,20H,3-5,8-15,17H2,1-2H3/t20-/m0/s1. The van der Waals surface area contributed by atoms with Crippen LogP contribution in [0.5, 0.6) is 0 Å². The van der Waals surface area contributed by atoms with E-state index in [4.69, 9.17) is 16.7 Å². The fourth-order valence-corrected chi connectivity index (χ4v) is 5.90. The second-order valence-electron chi connectivity index (χ2n) is 9.44. The average molecular weight is 456 g/mol. The Labute approximate surface area is 196 Å². The van der Waals surface area contributed by atoms with Gasteiger partial charge in [0.15, 0.2) is 5.69 Å². The summed E-state index contributed by atoms with van der Waals surface area (Å²) in [6.07, 6.45) is 5.33. The number of benzene rings is 1. The monoisotopic (exact) mass is 455 g/mol. The van der Waals surface area contributed by atoms with Crippen LogP contribution in [0.25, 0.3) is 0 Å². The first kappa shape index (κ1) is 21.8. The zero-order valence-corrected chi connectivity index (χ0v) is 20.1. The molecule has 0 saturated carbocycles. The number of hydrogen-bond acceptors (Lipinski definition) is 4. The Bertz CT molecular complexity index is 988. The molecule has 0 unspecified atom stereocenters. The molecule has 0 N–H and O–H groups in total. The number of hydrogen-bond donors (Lipinski definition) is 0. The zero-order chi connectivity index (χ0) is 22.2. The van der Waals surface area contributed by atoms with Gasteiger partial charge in [-0.05, 0) is 63.6 Å². The van der Waals surface area contributed by atoms with Crippen LogP contribution in [-0.2, 0) is 19.4 Å². The minimum atomic E-state index is 0.146. The SMILES string of the molecule is CCn1nc(C(=O)N2CCCC2)c2c1CC[C@H](N1CCN(c3cc(Cl)ccc3C)CC1)C2. The van der Waals surface area contributed by atoms with Gasteiger partial charge in [-0.25, -0.2) is 0 Å². The molecule has 2 aliphatic heterocycles. The van der Waals surface area contributed by atoms with Gasteiger partial charge in [-0.1, -0.05) is 17.7 Å². The summed E-state index contributed by atoms with van der Waals surface area (Å²) < 4.78 is 2.08. The minimum Gasteiger partial charge on any atom is -0.369 e. The molecule has 1 aromatic carbocycles. The number of nitrogens with zero attached hydrogens (tertiary/aromatic N) is 5. The Balaban J connectivity index is 1.30. The van der Waals surface area contributed by atoms with Crippen molar-refractivity contribution in [3.8, 4) is 0 Å². The number of amides is 1. The fraction of sp³-hybridized carbons (Fsp3) is 0.600. The molecule has 0 bridgehead atoms. The van der Waals surface area contributed by atoms with Gasteiger partial charge in [0.1, 0.15) is 0 Å². The van der Waals surface area contributed by atoms with Gasteiger partial charge in [-0.15, -0.1) is 0 Å². The van der Waals surface area contributed by atoms with E-state index in [0.717, 1.165) is 88.6 Å². The van der Waals surface area contributed by atoms with E-state index in [1.165, 1.54) is 22.5 Å². The molecule has 6 nitrogen and oxygen atoms in total. The lowest BCUT2D eigenvalue weighted by atomic mass is 9.89. The summed E-state index contributed by atoms with van der Waals surface area (Å²) in [5, 5.41) is 5.59. The predicted octanol–water partition coefficient (Wildman–Crippen LogP) is 3.78. The van der Waals surface area contributed by atoms with Gasteiger partial charge in [-0.3, -0.25) is 14.4 Å². The molecule has 32 heavy (non-hydrogen) atoms. The first-order valence-electron chi connectivity index (χ1n) is 12.2. The quantitative estimate of drug-likeness (QED) is 0.703. The van der Waals surface area contributed by atoms with Crippen LogP contribution in [0.3, 0.4) is 0 Å². The highest BCUT2D eigenvalue weighted by atomic mass is 35.5. The summed E-state index contributed by atoms with van der Waals surface area (Å²) in [4.78, 5) is 20.3. The first-order valence-corrected chi connectivity index (χ1v) is 12.6. The Kier molecular flexibility index (Phi) is 6.17. The van der Waals surface area contributed by atoms with E-state index in [9.17, 15) is 4.79 Å². The van der Waals surface area contributed by atoms with Crippen LogP contribution in [-0.4, -0.2) is 70.8 Å². The van der Waals surface area contributed by atoms with Gasteiger partial charge < -0.3 is 9.80 Å². The van der Waals surface area contributed by atoms with Crippen molar-refractivity contribution in [1.82, 2.24) is 19.6 Å². The largest absolute Gasteiger partial charge is 0.369 e. The number of likely N-dealkylation sites (tertiary alicyclic amines) is 1. The molecule has 1 atom stereocenters. The molecule has 7 heteroatoms. The van der Waals surface area contributed by atoms with Crippen molar-refractivity contribution < 1.29 is 4.79 Å². The molecule has 2 saturated heterocycles. The van der Waals surface area contributed by atoms with Gasteiger partial charge in [0.25, 0.3) is 5.91 Å². The van der Waals surface area contributed by atoms with Crippen LogP contribution in [0, 0.1) is 6.92 Å². The Morgan fingerprint density at radius 2 is 1.88 bits per heavy atom. The molecule has 3 heterocycles. The lowest BCUT2D eigenvalue weighted by molar-refractivity contribution is 0.0784. The molecular formula is C25H34ClN5O. The van der Waals surface area contributed by atoms with Crippen LogP contribution in [0.15, 0.2) is 18.2 Å². The van der Waals surface area contributed by atoms with Gasteiger partial charge in [0.2, 0.25) is 0 Å². The van der Waals surface area contributed by atoms with E-state index in [0.29, 0.717) is 6.04 Å². The van der Waals surface area contributed by atoms with Gasteiger partial charge in [0, 0.05) is 73.8 Å². The maximum absolute atomic E-state index is 13.2. The van der Waals surface area contributed by atoms with E-state index in [-0.39, 0.29) is 5.91 Å². The van der Waals surface area contributed by atoms with Gasteiger partial charge in [0.05, 0.1) is 0 Å². The number of rotatable bonds is 4. The molecular weight excluding hydrogens is 422 g/mol. The molecule has 1 aromatic heterocycles. The second-order valence-corrected chi connectivity index (χ2v) is 9.88. The predicted molar refractivity (Wildman–Crippen MR) is 129 cm³/mol. The summed E-state index contributed by atoms with van der Waals surface area (Å²) in [6.45, 7) is 11.0. The van der Waals surface area contributed by atoms with Gasteiger partial charge >= 0.3 is 0 Å². The van der Waals surface area contributed by atoms with Crippen LogP contribution >= 0.6 is 11.6 Å². The normalized spacial score (nSPS) is 21.8. The lowest BCUT2D eigenvalue weighted by Crippen LogP contribution is -2.52. The zero-order valence-electron chi connectivity index (χ0n) is 19.3. The molecule has 1 aliphatic carbocycles. The number of aryl methyl sites for hydroxylation is 2. The second kappa shape index (κ2) is 9.06. The third kappa shape index (κ3) is 4.03. The molecule has 2 aromatic rings. The van der Waals surface area contributed by atoms with Gasteiger partial charge in [-0.2, -0.15) is 5.10 Å². The van der Waals surface area contributed by atoms with E-state index in [1.54, 1.807) is 0 Å². The Morgan fingerprint density at radius 1 is 1.12 bits per heavy atom. The number of carbonyl (C=O) groups excluding carboxylic acids is 1. The summed E-state index contributed by atoms with van der Waals surface area (Å²) >= 11 is 6.26. The maximum Gasteiger partial charge on any atom is 0.274 e. The lowest BCUT2D eigenvalue weighted by Gasteiger charge is -2.42. The summed E-state index contributed by atoms with van der Waals surface area (Å²) in [5.74, 6) is 0.146. The molecule has 1 amide bonds. The van der Waals surface area contributed by atoms with Crippen molar-refractivity contribution in [2.45, 2.75) is 58.5 Å². The molecule has 0 radical (unpaired) electrons. The maximum atomic E-state index is 13.2. The summed E-state index contributed by atoms with van der Waals surface area (Å²) in [6, 6.07) is 6.66. The minimum absolute atomic E-state index is 0.146. The average Bonchev–Trinajstić information content (AvgIpc) is 3.48. The highest BCUT2D eigenvalue weighted by Gasteiger charge is 2.34. The van der Waals surface area contributed by atoms with E-state index >= 15 is 0 Å². The topological polar surface area (TPSA) is 44.6 Å². The third-order valence-electron chi connectivity index (χ3n) is 7.56. The van der Waals surface area contributed by atoms with Crippen molar-refractivity contribution >= 4 is 23.2 Å². The van der Waals surface area contributed by atoms with Crippen molar-refractivity contribution in [3.05, 3.63) is 45.7 Å². The van der Waals surface area contributed by atoms with Crippen LogP contribution in [0.2, 0.25) is 5.02 Å². The summed E-state index contributed by atoms with van der Waals surface area (Å²) in [5.41, 5.74) is 5.77. The number of fused-ring (bicyclic) bond motifs is 1. The van der Waals surface area contributed by atoms with Crippen LogP contribution in [0.1, 0.15) is 53.5 Å². The fourth-order valence-electron chi connectivity index (χ4n) is 5.74. The van der Waals surface area contributed by atoms with Crippen molar-refractivity contribution in [3.63, 3.8) is 0 Å². The molecule has 3 aliphatic rings. The number of anilines is 1. The third-order valence-corrected chi connectivity index (χ3v) is 7.79. The molecule has 2 fully saturated rings. The highest BCUT2D eigenvalue weighted by molar-refractivity contribution is 6.30. The Hall–Kier alpha value is -2.05. The number of carbonyl (C=O) groups is 1. The molecule has 5 rings (SSSR count). The van der Waals surface area contributed by atoms with E-state index < -0.39 is 0 Å². The van der Waals surface area contributed by atoms with Crippen molar-refractivity contribution in [2.75, 3.05) is 44.2 Å². The number of aromatic nitrogens is 2. The molecule has 0 spiro atoms. The smallest absolute Gasteiger partial charge is 0.274 e. The summed E-state index contributed by atoms with van der Waals surface area (Å²) in [7, 11) is 0. The van der Waals surface area contributed by atoms with E-state index in [1.807, 2.05) is 11.0 Å². The van der Waals surface area contributed by atoms with E-state index in [2.05, 4.69) is 40.5 Å². The van der Waals surface area contributed by atoms with Crippen molar-refractivity contribution in [2.24, 2.45) is 0 Å². The Morgan fingerprint density at radius 3 is 2.59 bits per heavy atom. The first-order chi connectivity index (χ1) is 15.5. The van der Waals surface area contributed by atoms with Crippen LogP contribution in [0.4, 0.5) is 5.69 Å². The number of piperazine rings is 1. The number of halogens is 1. The molecule has 172 valence electrons. The highest BCUT2D eigenvalue weighted by Crippen LogP contribution is 2.31. The van der Waals surface area contributed by atoms with Crippen molar-refractivity contribution in [1.29, 1.82) is 0 Å².